The van der Waals surface area contributed by atoms with Gasteiger partial charge in [0.25, 0.3) is 0 Å². The summed E-state index contributed by atoms with van der Waals surface area (Å²) in [7, 11) is 0. The Hall–Kier alpha value is -2.05. The number of fused-ring (bicyclic) bond motifs is 3. The number of ether oxygens (including phenoxy) is 1. The predicted octanol–water partition coefficient (Wildman–Crippen LogP) is 5.66. The van der Waals surface area contributed by atoms with E-state index in [9.17, 15) is 4.79 Å². The summed E-state index contributed by atoms with van der Waals surface area (Å²) in [5.41, 5.74) is 2.02. The third kappa shape index (κ3) is 3.12. The molecule has 1 heterocycles. The average molecular weight is 462 g/mol. The van der Waals surface area contributed by atoms with E-state index in [-0.39, 0.29) is 12.5 Å². The maximum Gasteiger partial charge on any atom is 0.331 e. The van der Waals surface area contributed by atoms with E-state index < -0.39 is 0 Å². The highest BCUT2D eigenvalue weighted by molar-refractivity contribution is 14.1. The van der Waals surface area contributed by atoms with Crippen LogP contribution in [-0.4, -0.2) is 10.5 Å². The molecule has 0 fully saturated rings. The van der Waals surface area contributed by atoms with Crippen molar-refractivity contribution in [2.75, 3.05) is 0 Å². The Bertz CT molecular complexity index is 1100. The molecule has 0 spiro atoms. The molecule has 0 bridgehead atoms. The third-order valence-corrected chi connectivity index (χ3v) is 5.07. The second-order valence-electron chi connectivity index (χ2n) is 5.67. The van der Waals surface area contributed by atoms with Crippen molar-refractivity contribution in [3.8, 4) is 5.75 Å². The fourth-order valence-electron chi connectivity index (χ4n) is 3.01. The van der Waals surface area contributed by atoms with Crippen molar-refractivity contribution in [1.29, 1.82) is 0 Å². The molecule has 124 valence electrons. The summed E-state index contributed by atoms with van der Waals surface area (Å²) in [5.74, 6) is 0.0267. The van der Waals surface area contributed by atoms with Crippen LogP contribution in [0.2, 0.25) is 5.02 Å². The summed E-state index contributed by atoms with van der Waals surface area (Å²) >= 11 is 8.37. The van der Waals surface area contributed by atoms with Crippen molar-refractivity contribution in [3.63, 3.8) is 0 Å². The maximum atomic E-state index is 12.5. The first kappa shape index (κ1) is 16.4. The zero-order valence-corrected chi connectivity index (χ0v) is 16.0. The van der Waals surface area contributed by atoms with Gasteiger partial charge in [0.1, 0.15) is 12.3 Å². The molecule has 0 radical (unpaired) electrons. The van der Waals surface area contributed by atoms with Crippen LogP contribution < -0.4 is 4.74 Å². The fourth-order valence-corrected chi connectivity index (χ4v) is 3.67. The summed E-state index contributed by atoms with van der Waals surface area (Å²) < 4.78 is 8.59. The zero-order valence-electron chi connectivity index (χ0n) is 13.1. The van der Waals surface area contributed by atoms with E-state index in [0.717, 1.165) is 25.4 Å². The number of para-hydroxylation sites is 2. The normalized spacial score (nSPS) is 11.1. The Balaban J connectivity index is 1.75. The molecule has 0 atom stereocenters. The molecule has 3 aromatic carbocycles. The number of hydrogen-bond donors (Lipinski definition) is 0. The first-order valence-electron chi connectivity index (χ1n) is 7.75. The monoisotopic (exact) mass is 461 g/mol. The molecule has 0 aliphatic heterocycles. The standard InChI is InChI=1S/C20H13ClINO2/c21-16-6-2-4-8-19(16)25-20(24)12-23-17-7-3-1-5-14(17)15-11-13(22)9-10-18(15)23/h1-11H,12H2. The number of carbonyl (C=O) groups is 1. The number of halogens is 2. The Morgan fingerprint density at radius 2 is 1.68 bits per heavy atom. The number of nitrogens with zero attached hydrogens (tertiary/aromatic N) is 1. The van der Waals surface area contributed by atoms with Crippen molar-refractivity contribution >= 4 is 62.0 Å². The smallest absolute Gasteiger partial charge is 0.331 e. The van der Waals surface area contributed by atoms with Gasteiger partial charge in [0.2, 0.25) is 0 Å². The fraction of sp³-hybridized carbons (Fsp3) is 0.0500. The van der Waals surface area contributed by atoms with Gasteiger partial charge in [0.15, 0.2) is 0 Å². The number of carbonyl (C=O) groups excluding carboxylic acids is 1. The summed E-state index contributed by atoms with van der Waals surface area (Å²) in [6, 6.07) is 21.3. The highest BCUT2D eigenvalue weighted by Crippen LogP contribution is 2.30. The highest BCUT2D eigenvalue weighted by atomic mass is 127. The summed E-state index contributed by atoms with van der Waals surface area (Å²) in [6.45, 7) is 0.121. The number of aromatic nitrogens is 1. The summed E-state index contributed by atoms with van der Waals surface area (Å²) in [6.07, 6.45) is 0. The van der Waals surface area contributed by atoms with Crippen molar-refractivity contribution in [1.82, 2.24) is 4.57 Å². The Morgan fingerprint density at radius 1 is 0.960 bits per heavy atom. The van der Waals surface area contributed by atoms with E-state index >= 15 is 0 Å². The number of esters is 1. The minimum Gasteiger partial charge on any atom is -0.424 e. The number of hydrogen-bond acceptors (Lipinski definition) is 2. The van der Waals surface area contributed by atoms with Crippen LogP contribution in [0.1, 0.15) is 0 Å². The number of benzene rings is 3. The van der Waals surface area contributed by atoms with Gasteiger partial charge < -0.3 is 9.30 Å². The lowest BCUT2D eigenvalue weighted by Gasteiger charge is -2.09. The molecule has 4 rings (SSSR count). The molecular weight excluding hydrogens is 449 g/mol. The second-order valence-corrected chi connectivity index (χ2v) is 7.32. The van der Waals surface area contributed by atoms with E-state index in [1.807, 2.05) is 34.9 Å². The van der Waals surface area contributed by atoms with Crippen LogP contribution in [0.5, 0.6) is 5.75 Å². The molecule has 5 heteroatoms. The molecule has 0 amide bonds. The van der Waals surface area contributed by atoms with Gasteiger partial charge in [-0.2, -0.15) is 0 Å². The average Bonchev–Trinajstić information content (AvgIpc) is 2.91. The Morgan fingerprint density at radius 3 is 2.52 bits per heavy atom. The molecule has 0 saturated heterocycles. The molecule has 3 nitrogen and oxygen atoms in total. The van der Waals surface area contributed by atoms with Gasteiger partial charge in [-0.05, 0) is 59.0 Å². The third-order valence-electron chi connectivity index (χ3n) is 4.08. The van der Waals surface area contributed by atoms with E-state index in [4.69, 9.17) is 16.3 Å². The lowest BCUT2D eigenvalue weighted by Crippen LogP contribution is -2.16. The van der Waals surface area contributed by atoms with Crippen LogP contribution in [0, 0.1) is 3.57 Å². The highest BCUT2D eigenvalue weighted by Gasteiger charge is 2.15. The molecule has 25 heavy (non-hydrogen) atoms. The van der Waals surface area contributed by atoms with E-state index in [1.165, 1.54) is 0 Å². The van der Waals surface area contributed by atoms with Gasteiger partial charge >= 0.3 is 5.97 Å². The molecule has 0 unspecified atom stereocenters. The molecule has 0 aliphatic carbocycles. The lowest BCUT2D eigenvalue weighted by molar-refractivity contribution is -0.134. The Labute approximate surface area is 163 Å². The van der Waals surface area contributed by atoms with Gasteiger partial charge in [-0.1, -0.05) is 41.9 Å². The van der Waals surface area contributed by atoms with Crippen molar-refractivity contribution < 1.29 is 9.53 Å². The maximum absolute atomic E-state index is 12.5. The predicted molar refractivity (Wildman–Crippen MR) is 109 cm³/mol. The summed E-state index contributed by atoms with van der Waals surface area (Å²) in [5, 5.41) is 2.68. The first-order valence-corrected chi connectivity index (χ1v) is 9.21. The van der Waals surface area contributed by atoms with Gasteiger partial charge in [-0.25, -0.2) is 4.79 Å². The van der Waals surface area contributed by atoms with E-state index in [0.29, 0.717) is 10.8 Å². The number of rotatable bonds is 3. The van der Waals surface area contributed by atoms with Crippen LogP contribution in [0.3, 0.4) is 0 Å². The van der Waals surface area contributed by atoms with Gasteiger partial charge in [0.05, 0.1) is 5.02 Å². The van der Waals surface area contributed by atoms with Crippen LogP contribution in [0.4, 0.5) is 0 Å². The molecule has 0 saturated carbocycles. The molecule has 4 aromatic rings. The molecular formula is C20H13ClINO2. The SMILES string of the molecule is O=C(Cn1c2ccccc2c2cc(I)ccc21)Oc1ccccc1Cl. The van der Waals surface area contributed by atoms with E-state index in [1.54, 1.807) is 24.3 Å². The van der Waals surface area contributed by atoms with E-state index in [2.05, 4.69) is 34.7 Å². The van der Waals surface area contributed by atoms with Crippen LogP contribution in [0.15, 0.2) is 66.7 Å². The minimum absolute atomic E-state index is 0.121. The Kier molecular flexibility index (Phi) is 4.39. The van der Waals surface area contributed by atoms with Crippen molar-refractivity contribution in [3.05, 3.63) is 75.3 Å². The largest absolute Gasteiger partial charge is 0.424 e. The van der Waals surface area contributed by atoms with Crippen LogP contribution in [-0.2, 0) is 11.3 Å². The van der Waals surface area contributed by atoms with Gasteiger partial charge in [0, 0.05) is 25.4 Å². The van der Waals surface area contributed by atoms with Crippen LogP contribution in [0.25, 0.3) is 21.8 Å². The molecule has 1 aromatic heterocycles. The molecule has 0 aliphatic rings. The van der Waals surface area contributed by atoms with Gasteiger partial charge in [-0.15, -0.1) is 0 Å². The summed E-state index contributed by atoms with van der Waals surface area (Å²) in [4.78, 5) is 12.5. The topological polar surface area (TPSA) is 31.2 Å². The lowest BCUT2D eigenvalue weighted by atomic mass is 10.2. The molecule has 0 N–H and O–H groups in total. The van der Waals surface area contributed by atoms with Crippen LogP contribution >= 0.6 is 34.2 Å². The quantitative estimate of drug-likeness (QED) is 0.224. The van der Waals surface area contributed by atoms with Crippen molar-refractivity contribution in [2.24, 2.45) is 0 Å². The first-order chi connectivity index (χ1) is 12.1. The van der Waals surface area contributed by atoms with Crippen molar-refractivity contribution in [2.45, 2.75) is 6.54 Å². The zero-order chi connectivity index (χ0) is 17.4. The van der Waals surface area contributed by atoms with Gasteiger partial charge in [-0.3, -0.25) is 0 Å². The second kappa shape index (κ2) is 6.69. The minimum atomic E-state index is -0.352.